The third-order valence-electron chi connectivity index (χ3n) is 10.6. The first-order chi connectivity index (χ1) is 23.8. The molecule has 2 N–H and O–H groups in total. The van der Waals surface area contributed by atoms with Gasteiger partial charge in [0.05, 0.1) is 34.3 Å². The third-order valence-corrected chi connectivity index (χ3v) is 10.9. The Morgan fingerprint density at radius 2 is 1.72 bits per heavy atom. The van der Waals surface area contributed by atoms with Crippen LogP contribution in [0.25, 0.3) is 0 Å². The van der Waals surface area contributed by atoms with Gasteiger partial charge in [0.2, 0.25) is 0 Å². The van der Waals surface area contributed by atoms with Crippen molar-refractivity contribution in [1.29, 1.82) is 0 Å². The van der Waals surface area contributed by atoms with Crippen molar-refractivity contribution in [3.63, 3.8) is 0 Å². The standard InChI is InChI=1S/C36H36ClF4N5O4/c1-45-19-42-30(31(45)33(47)43-24-7-12-29(38)28(37)15-24)21-13-22-16-35(49,17-23(22)14-21)27-18-46(44-32(27)36(39,40)41)25-8-10-26(11-9-25)50-34(48)20-5-3-2-4-6-20/h2-7,12,15,18-19,21-23,25-26,49H,8-11,13-14,16-17H2,1H3,(H,43,47). The Kier molecular flexibility index (Phi) is 9.00. The van der Waals surface area contributed by atoms with Gasteiger partial charge >= 0.3 is 12.1 Å². The summed E-state index contributed by atoms with van der Waals surface area (Å²) < 4.78 is 65.4. The number of hydrogen-bond donors (Lipinski definition) is 2. The summed E-state index contributed by atoms with van der Waals surface area (Å²) in [5.41, 5.74) is -1.31. The van der Waals surface area contributed by atoms with Crippen LogP contribution in [0, 0.1) is 17.7 Å². The van der Waals surface area contributed by atoms with Crippen LogP contribution in [0.1, 0.15) is 101 Å². The van der Waals surface area contributed by atoms with Crippen molar-refractivity contribution in [2.75, 3.05) is 5.32 Å². The van der Waals surface area contributed by atoms with Gasteiger partial charge in [-0.15, -0.1) is 0 Å². The van der Waals surface area contributed by atoms with Crippen LogP contribution in [-0.2, 0) is 23.6 Å². The topological polar surface area (TPSA) is 111 Å². The van der Waals surface area contributed by atoms with Crippen molar-refractivity contribution in [2.24, 2.45) is 18.9 Å². The van der Waals surface area contributed by atoms with Crippen LogP contribution in [-0.4, -0.2) is 42.4 Å². The number of benzene rings is 2. The molecule has 3 aliphatic carbocycles. The van der Waals surface area contributed by atoms with Crippen molar-refractivity contribution < 1.29 is 37.0 Å². The van der Waals surface area contributed by atoms with E-state index in [9.17, 15) is 32.3 Å². The fourth-order valence-corrected chi connectivity index (χ4v) is 8.42. The highest BCUT2D eigenvalue weighted by molar-refractivity contribution is 6.31. The number of hydrogen-bond acceptors (Lipinski definition) is 6. The molecule has 3 saturated carbocycles. The number of aryl methyl sites for hydroxylation is 1. The molecule has 0 saturated heterocycles. The molecule has 2 aromatic carbocycles. The number of nitrogens with zero attached hydrogens (tertiary/aromatic N) is 4. The predicted octanol–water partition coefficient (Wildman–Crippen LogP) is 7.81. The van der Waals surface area contributed by atoms with Gasteiger partial charge in [-0.3, -0.25) is 9.48 Å². The summed E-state index contributed by atoms with van der Waals surface area (Å²) in [6, 6.07) is 12.2. The summed E-state index contributed by atoms with van der Waals surface area (Å²) in [5.74, 6) is -1.78. The van der Waals surface area contributed by atoms with Crippen LogP contribution in [0.3, 0.4) is 0 Å². The average Bonchev–Trinajstić information content (AvgIpc) is 3.85. The number of aromatic nitrogens is 4. The number of anilines is 1. The molecule has 9 nitrogen and oxygen atoms in total. The minimum absolute atomic E-state index is 0.0852. The lowest BCUT2D eigenvalue weighted by molar-refractivity contribution is -0.144. The van der Waals surface area contributed by atoms with E-state index in [2.05, 4.69) is 15.4 Å². The van der Waals surface area contributed by atoms with Crippen LogP contribution < -0.4 is 5.32 Å². The van der Waals surface area contributed by atoms with E-state index < -0.39 is 35.2 Å². The fourth-order valence-electron chi connectivity index (χ4n) is 8.24. The lowest BCUT2D eigenvalue weighted by Gasteiger charge is -2.28. The Morgan fingerprint density at radius 1 is 1.04 bits per heavy atom. The summed E-state index contributed by atoms with van der Waals surface area (Å²) in [7, 11) is 1.69. The van der Waals surface area contributed by atoms with E-state index in [0.717, 1.165) is 6.07 Å². The van der Waals surface area contributed by atoms with Gasteiger partial charge in [0.1, 0.15) is 17.6 Å². The number of esters is 1. The average molecular weight is 714 g/mol. The van der Waals surface area contributed by atoms with Gasteiger partial charge < -0.3 is 19.7 Å². The fraction of sp³-hybridized carbons (Fsp3) is 0.444. The first-order valence-electron chi connectivity index (χ1n) is 16.7. The van der Waals surface area contributed by atoms with E-state index in [0.29, 0.717) is 61.2 Å². The van der Waals surface area contributed by atoms with Gasteiger partial charge in [0, 0.05) is 30.4 Å². The molecular formula is C36H36ClF4N5O4. The Labute approximate surface area is 290 Å². The number of alkyl halides is 3. The number of carbonyl (C=O) groups excluding carboxylic acids is 2. The van der Waals surface area contributed by atoms with Crippen LogP contribution in [0.15, 0.2) is 61.1 Å². The van der Waals surface area contributed by atoms with Crippen LogP contribution in [0.2, 0.25) is 5.02 Å². The molecule has 0 spiro atoms. The Hall–Kier alpha value is -4.23. The Morgan fingerprint density at radius 3 is 2.36 bits per heavy atom. The lowest BCUT2D eigenvalue weighted by atomic mass is 9.87. The number of fused-ring (bicyclic) bond motifs is 1. The summed E-state index contributed by atoms with van der Waals surface area (Å²) in [6.07, 6.45) is 1.10. The van der Waals surface area contributed by atoms with Crippen LogP contribution in [0.5, 0.6) is 0 Å². The molecule has 1 amide bonds. The highest BCUT2D eigenvalue weighted by Crippen LogP contribution is 2.58. The van der Waals surface area contributed by atoms with Gasteiger partial charge in [0.15, 0.2) is 5.69 Å². The highest BCUT2D eigenvalue weighted by atomic mass is 35.5. The van der Waals surface area contributed by atoms with Gasteiger partial charge in [-0.05, 0) is 93.5 Å². The lowest BCUT2D eigenvalue weighted by Crippen LogP contribution is -2.26. The second-order valence-corrected chi connectivity index (χ2v) is 14.3. The molecule has 3 aliphatic rings. The highest BCUT2D eigenvalue weighted by Gasteiger charge is 2.54. The second-order valence-electron chi connectivity index (χ2n) is 13.9. The summed E-state index contributed by atoms with van der Waals surface area (Å²) in [6.45, 7) is 0. The minimum Gasteiger partial charge on any atom is -0.459 e. The Bertz CT molecular complexity index is 1890. The molecule has 2 aromatic heterocycles. The number of halogens is 5. The molecule has 3 fully saturated rings. The van der Waals surface area contributed by atoms with Gasteiger partial charge in [0.25, 0.3) is 5.91 Å². The zero-order chi connectivity index (χ0) is 35.4. The molecule has 2 unspecified atom stereocenters. The van der Waals surface area contributed by atoms with Crippen molar-refractivity contribution in [3.8, 4) is 0 Å². The number of imidazole rings is 1. The smallest absolute Gasteiger partial charge is 0.435 e. The SMILES string of the molecule is Cn1cnc(C2CC3CC(O)(c4cn(C5CCC(OC(=O)c6ccccc6)CC5)nc4C(F)(F)F)CC3C2)c1C(=O)Nc1ccc(F)c(Cl)c1. The van der Waals surface area contributed by atoms with Crippen molar-refractivity contribution in [3.05, 3.63) is 100 Å². The molecule has 264 valence electrons. The number of nitrogens with one attached hydrogen (secondary N) is 1. The molecule has 7 rings (SSSR count). The van der Waals surface area contributed by atoms with E-state index in [-0.39, 0.29) is 53.3 Å². The molecule has 0 aliphatic heterocycles. The van der Waals surface area contributed by atoms with Gasteiger partial charge in [-0.1, -0.05) is 29.8 Å². The monoisotopic (exact) mass is 713 g/mol. The van der Waals surface area contributed by atoms with Crippen molar-refractivity contribution >= 4 is 29.2 Å². The normalized spacial score (nSPS) is 26.5. The predicted molar refractivity (Wildman–Crippen MR) is 175 cm³/mol. The maximum absolute atomic E-state index is 14.4. The molecule has 2 atom stereocenters. The van der Waals surface area contributed by atoms with Gasteiger partial charge in [-0.25, -0.2) is 14.2 Å². The quantitative estimate of drug-likeness (QED) is 0.149. The van der Waals surface area contributed by atoms with E-state index in [1.807, 2.05) is 0 Å². The van der Waals surface area contributed by atoms with Crippen LogP contribution >= 0.6 is 11.6 Å². The maximum Gasteiger partial charge on any atom is 0.435 e. The second kappa shape index (κ2) is 13.1. The molecule has 4 aromatic rings. The Balaban J connectivity index is 1.03. The van der Waals surface area contributed by atoms with E-state index in [1.165, 1.54) is 29.3 Å². The molecule has 0 bridgehead atoms. The number of amides is 1. The number of ether oxygens (including phenoxy) is 1. The number of carbonyl (C=O) groups is 2. The number of aliphatic hydroxyl groups is 1. The van der Waals surface area contributed by atoms with E-state index in [4.69, 9.17) is 16.3 Å². The van der Waals surface area contributed by atoms with Gasteiger partial charge in [-0.2, -0.15) is 18.3 Å². The van der Waals surface area contributed by atoms with E-state index >= 15 is 0 Å². The first-order valence-corrected chi connectivity index (χ1v) is 17.1. The molecule has 2 heterocycles. The minimum atomic E-state index is -4.76. The maximum atomic E-state index is 14.4. The molecule has 50 heavy (non-hydrogen) atoms. The van der Waals surface area contributed by atoms with Crippen molar-refractivity contribution in [2.45, 2.75) is 81.2 Å². The molecular weight excluding hydrogens is 678 g/mol. The van der Waals surface area contributed by atoms with E-state index in [1.54, 1.807) is 41.9 Å². The molecule has 0 radical (unpaired) electrons. The largest absolute Gasteiger partial charge is 0.459 e. The van der Waals surface area contributed by atoms with Crippen LogP contribution in [0.4, 0.5) is 23.2 Å². The third kappa shape index (κ3) is 6.64. The zero-order valence-corrected chi connectivity index (χ0v) is 27.9. The summed E-state index contributed by atoms with van der Waals surface area (Å²) in [5, 5.41) is 18.5. The molecule has 14 heteroatoms. The zero-order valence-electron chi connectivity index (χ0n) is 27.2. The number of rotatable bonds is 7. The summed E-state index contributed by atoms with van der Waals surface area (Å²) in [4.78, 5) is 30.3. The van der Waals surface area contributed by atoms with Crippen molar-refractivity contribution in [1.82, 2.24) is 19.3 Å². The first kappa shape index (κ1) is 34.2. The summed E-state index contributed by atoms with van der Waals surface area (Å²) >= 11 is 5.88.